The second-order valence-electron chi connectivity index (χ2n) is 3.08. The highest BCUT2D eigenvalue weighted by Gasteiger charge is 2.21. The average molecular weight is 277 g/mol. The Kier molecular flexibility index (Phi) is 3.16. The van der Waals surface area contributed by atoms with E-state index in [9.17, 15) is 8.42 Å². The summed E-state index contributed by atoms with van der Waals surface area (Å²) in [5.41, 5.74) is 2.03. The number of hydrogen-bond donors (Lipinski definition) is 1. The molecule has 2 rings (SSSR count). The molecule has 0 aliphatic heterocycles. The lowest BCUT2D eigenvalue weighted by molar-refractivity contribution is 0.585. The van der Waals surface area contributed by atoms with Gasteiger partial charge in [0.15, 0.2) is 0 Å². The van der Waals surface area contributed by atoms with Gasteiger partial charge in [-0.25, -0.2) is 18.1 Å². The van der Waals surface area contributed by atoms with Crippen molar-refractivity contribution >= 4 is 43.2 Å². The minimum atomic E-state index is -3.58. The van der Waals surface area contributed by atoms with E-state index in [-0.39, 0.29) is 9.92 Å². The van der Waals surface area contributed by atoms with Crippen molar-refractivity contribution in [3.8, 4) is 0 Å². The molecule has 0 amide bonds. The van der Waals surface area contributed by atoms with Crippen molar-refractivity contribution in [3.05, 3.63) is 22.7 Å². The van der Waals surface area contributed by atoms with Crippen molar-refractivity contribution in [2.24, 2.45) is 0 Å². The standard InChI is InChI=1S/C9H9ClN2O2S2/c1-2-12-16(13,14)9-6(10)3-4-7-8(9)11-5-15-7/h3-5,12H,2H2,1H3. The predicted octanol–water partition coefficient (Wildman–Crippen LogP) is 2.25. The van der Waals surface area contributed by atoms with Gasteiger partial charge in [-0.1, -0.05) is 18.5 Å². The molecule has 0 saturated carbocycles. The fourth-order valence-electron chi connectivity index (χ4n) is 1.40. The van der Waals surface area contributed by atoms with Crippen LogP contribution in [-0.2, 0) is 10.0 Å². The molecule has 86 valence electrons. The lowest BCUT2D eigenvalue weighted by Gasteiger charge is -2.06. The summed E-state index contributed by atoms with van der Waals surface area (Å²) >= 11 is 7.31. The van der Waals surface area contributed by atoms with Gasteiger partial charge in [0.2, 0.25) is 10.0 Å². The lowest BCUT2D eigenvalue weighted by Crippen LogP contribution is -2.23. The monoisotopic (exact) mass is 276 g/mol. The zero-order valence-corrected chi connectivity index (χ0v) is 10.8. The number of hydrogen-bond acceptors (Lipinski definition) is 4. The fraction of sp³-hybridized carbons (Fsp3) is 0.222. The van der Waals surface area contributed by atoms with Crippen LogP contribution in [0, 0.1) is 0 Å². The van der Waals surface area contributed by atoms with E-state index in [1.54, 1.807) is 24.6 Å². The molecule has 0 fully saturated rings. The molecule has 1 heterocycles. The molecule has 0 spiro atoms. The van der Waals surface area contributed by atoms with Gasteiger partial charge in [-0.15, -0.1) is 11.3 Å². The number of aromatic nitrogens is 1. The summed E-state index contributed by atoms with van der Waals surface area (Å²) in [4.78, 5) is 4.11. The van der Waals surface area contributed by atoms with Crippen LogP contribution in [0.15, 0.2) is 22.5 Å². The largest absolute Gasteiger partial charge is 0.244 e. The van der Waals surface area contributed by atoms with Gasteiger partial charge in [0.05, 0.1) is 15.2 Å². The van der Waals surface area contributed by atoms with Crippen LogP contribution in [0.1, 0.15) is 6.92 Å². The first-order valence-corrected chi connectivity index (χ1v) is 7.31. The number of thiazole rings is 1. The normalized spacial score (nSPS) is 12.1. The van der Waals surface area contributed by atoms with Gasteiger partial charge in [0, 0.05) is 6.54 Å². The van der Waals surface area contributed by atoms with Crippen LogP contribution in [-0.4, -0.2) is 19.9 Å². The van der Waals surface area contributed by atoms with Gasteiger partial charge in [-0.2, -0.15) is 0 Å². The number of fused-ring (bicyclic) bond motifs is 1. The van der Waals surface area contributed by atoms with Crippen LogP contribution in [0.25, 0.3) is 10.2 Å². The Bertz CT molecular complexity index is 621. The van der Waals surface area contributed by atoms with E-state index in [4.69, 9.17) is 11.6 Å². The molecule has 1 aromatic carbocycles. The van der Waals surface area contributed by atoms with Crippen LogP contribution < -0.4 is 4.72 Å². The number of halogens is 1. The third kappa shape index (κ3) is 1.93. The zero-order valence-electron chi connectivity index (χ0n) is 8.40. The maximum absolute atomic E-state index is 11.9. The average Bonchev–Trinajstić information content (AvgIpc) is 2.64. The molecule has 1 N–H and O–H groups in total. The Morgan fingerprint density at radius 3 is 2.94 bits per heavy atom. The van der Waals surface area contributed by atoms with Crippen LogP contribution in [0.4, 0.5) is 0 Å². The highest BCUT2D eigenvalue weighted by atomic mass is 35.5. The first-order chi connectivity index (χ1) is 7.56. The molecule has 1 aromatic heterocycles. The van der Waals surface area contributed by atoms with Gasteiger partial charge in [0.1, 0.15) is 10.4 Å². The summed E-state index contributed by atoms with van der Waals surface area (Å²) in [7, 11) is -3.58. The van der Waals surface area contributed by atoms with Crippen molar-refractivity contribution in [1.82, 2.24) is 9.71 Å². The molecule has 7 heteroatoms. The zero-order chi connectivity index (χ0) is 11.8. The number of benzene rings is 1. The minimum absolute atomic E-state index is 0.0646. The van der Waals surface area contributed by atoms with Crippen molar-refractivity contribution in [2.75, 3.05) is 6.54 Å². The van der Waals surface area contributed by atoms with Gasteiger partial charge in [0.25, 0.3) is 0 Å². The van der Waals surface area contributed by atoms with E-state index < -0.39 is 10.0 Å². The predicted molar refractivity (Wildman–Crippen MR) is 65.5 cm³/mol. The molecular weight excluding hydrogens is 268 g/mol. The smallest absolute Gasteiger partial charge is 0.243 e. The number of rotatable bonds is 3. The maximum atomic E-state index is 11.9. The molecule has 0 saturated heterocycles. The second kappa shape index (κ2) is 4.29. The highest BCUT2D eigenvalue weighted by molar-refractivity contribution is 7.89. The second-order valence-corrected chi connectivity index (χ2v) is 6.07. The van der Waals surface area contributed by atoms with Gasteiger partial charge in [-0.05, 0) is 12.1 Å². The van der Waals surface area contributed by atoms with E-state index in [1.165, 1.54) is 11.3 Å². The van der Waals surface area contributed by atoms with Crippen LogP contribution in [0.3, 0.4) is 0 Å². The number of sulfonamides is 1. The summed E-state index contributed by atoms with van der Waals surface area (Å²) in [5.74, 6) is 0. The van der Waals surface area contributed by atoms with Gasteiger partial charge >= 0.3 is 0 Å². The molecule has 0 unspecified atom stereocenters. The Balaban J connectivity index is 2.76. The quantitative estimate of drug-likeness (QED) is 0.935. The summed E-state index contributed by atoms with van der Waals surface area (Å²) in [6.45, 7) is 2.03. The molecule has 0 atom stereocenters. The first kappa shape index (κ1) is 11.8. The number of nitrogens with zero attached hydrogens (tertiary/aromatic N) is 1. The third-order valence-electron chi connectivity index (χ3n) is 2.01. The van der Waals surface area contributed by atoms with Crippen LogP contribution in [0.2, 0.25) is 5.02 Å². The molecule has 4 nitrogen and oxygen atoms in total. The summed E-state index contributed by atoms with van der Waals surface area (Å²) in [5, 5.41) is 0.194. The third-order valence-corrected chi connectivity index (χ3v) is 4.85. The van der Waals surface area contributed by atoms with Crippen molar-refractivity contribution in [1.29, 1.82) is 0 Å². The molecule has 16 heavy (non-hydrogen) atoms. The van der Waals surface area contributed by atoms with Crippen molar-refractivity contribution in [3.63, 3.8) is 0 Å². The van der Waals surface area contributed by atoms with Gasteiger partial charge in [-0.3, -0.25) is 0 Å². The fourth-order valence-corrected chi connectivity index (χ4v) is 3.87. The topological polar surface area (TPSA) is 59.1 Å². The molecule has 0 bridgehead atoms. The molecular formula is C9H9ClN2O2S2. The maximum Gasteiger partial charge on any atom is 0.244 e. The Hall–Kier alpha value is -0.690. The van der Waals surface area contributed by atoms with E-state index >= 15 is 0 Å². The van der Waals surface area contributed by atoms with E-state index in [0.29, 0.717) is 12.1 Å². The van der Waals surface area contributed by atoms with E-state index in [2.05, 4.69) is 9.71 Å². The Morgan fingerprint density at radius 1 is 1.50 bits per heavy atom. The Labute approximate surface area is 102 Å². The molecule has 0 radical (unpaired) electrons. The number of nitrogens with one attached hydrogen (secondary N) is 1. The van der Waals surface area contributed by atoms with Crippen LogP contribution in [0.5, 0.6) is 0 Å². The van der Waals surface area contributed by atoms with Gasteiger partial charge < -0.3 is 0 Å². The summed E-state index contributed by atoms with van der Waals surface area (Å²) < 4.78 is 27.1. The SMILES string of the molecule is CCNS(=O)(=O)c1c(Cl)ccc2scnc12. The summed E-state index contributed by atoms with van der Waals surface area (Å²) in [6, 6.07) is 3.34. The van der Waals surface area contributed by atoms with E-state index in [0.717, 1.165) is 4.70 Å². The molecule has 0 aliphatic carbocycles. The molecule has 0 aliphatic rings. The molecule has 2 aromatic rings. The van der Waals surface area contributed by atoms with Crippen LogP contribution >= 0.6 is 22.9 Å². The first-order valence-electron chi connectivity index (χ1n) is 4.57. The lowest BCUT2D eigenvalue weighted by atomic mass is 10.3. The van der Waals surface area contributed by atoms with Crippen molar-refractivity contribution < 1.29 is 8.42 Å². The summed E-state index contributed by atoms with van der Waals surface area (Å²) in [6.07, 6.45) is 0. The van der Waals surface area contributed by atoms with E-state index in [1.807, 2.05) is 0 Å². The van der Waals surface area contributed by atoms with Crippen molar-refractivity contribution in [2.45, 2.75) is 11.8 Å². The highest BCUT2D eigenvalue weighted by Crippen LogP contribution is 2.31. The minimum Gasteiger partial charge on any atom is -0.243 e. The Morgan fingerprint density at radius 2 is 2.25 bits per heavy atom.